The molecule has 3 aromatic rings. The van der Waals surface area contributed by atoms with E-state index in [1.807, 2.05) is 83.1 Å². The van der Waals surface area contributed by atoms with Crippen molar-refractivity contribution in [1.82, 2.24) is 4.98 Å². The standard InChI is InChI=1S/C25H28N2O2/c1-17-15-24(29-21-11-9-10-20(16-21)25(4,5)28-6)18(2)14-23(17)27-19(3)22-12-7-8-13-26-22/h7-16H,1-6H3/b27-19+. The molecule has 0 aliphatic carbocycles. The van der Waals surface area contributed by atoms with Gasteiger partial charge in [0.1, 0.15) is 11.5 Å². The zero-order valence-electron chi connectivity index (χ0n) is 18.0. The van der Waals surface area contributed by atoms with Crippen LogP contribution in [-0.2, 0) is 10.3 Å². The number of aryl methyl sites for hydroxylation is 2. The molecule has 0 aliphatic rings. The minimum Gasteiger partial charge on any atom is -0.457 e. The monoisotopic (exact) mass is 388 g/mol. The number of hydrogen-bond acceptors (Lipinski definition) is 4. The van der Waals surface area contributed by atoms with Crippen molar-refractivity contribution in [2.75, 3.05) is 7.11 Å². The van der Waals surface area contributed by atoms with Gasteiger partial charge in [0, 0.05) is 13.3 Å². The average Bonchev–Trinajstić information content (AvgIpc) is 2.72. The predicted octanol–water partition coefficient (Wildman–Crippen LogP) is 6.51. The van der Waals surface area contributed by atoms with Gasteiger partial charge in [-0.2, -0.15) is 0 Å². The molecule has 0 fully saturated rings. The van der Waals surface area contributed by atoms with Gasteiger partial charge in [0.15, 0.2) is 0 Å². The average molecular weight is 389 g/mol. The first kappa shape index (κ1) is 20.7. The molecule has 3 rings (SSSR count). The summed E-state index contributed by atoms with van der Waals surface area (Å²) in [5, 5.41) is 0. The summed E-state index contributed by atoms with van der Waals surface area (Å²) in [5.74, 6) is 1.61. The van der Waals surface area contributed by atoms with E-state index in [1.54, 1.807) is 13.3 Å². The van der Waals surface area contributed by atoms with Crippen LogP contribution in [0.5, 0.6) is 11.5 Å². The van der Waals surface area contributed by atoms with Gasteiger partial charge in [0.05, 0.1) is 22.7 Å². The van der Waals surface area contributed by atoms with Gasteiger partial charge >= 0.3 is 0 Å². The molecule has 0 amide bonds. The van der Waals surface area contributed by atoms with Gasteiger partial charge in [-0.3, -0.25) is 9.98 Å². The van der Waals surface area contributed by atoms with Gasteiger partial charge in [-0.25, -0.2) is 0 Å². The molecule has 29 heavy (non-hydrogen) atoms. The van der Waals surface area contributed by atoms with Gasteiger partial charge in [0.2, 0.25) is 0 Å². The van der Waals surface area contributed by atoms with Crippen LogP contribution in [-0.4, -0.2) is 17.8 Å². The quantitative estimate of drug-likeness (QED) is 0.452. The predicted molar refractivity (Wildman–Crippen MR) is 119 cm³/mol. The number of benzene rings is 2. The summed E-state index contributed by atoms with van der Waals surface area (Å²) < 4.78 is 11.8. The Balaban J connectivity index is 1.88. The third-order valence-corrected chi connectivity index (χ3v) is 5.08. The van der Waals surface area contributed by atoms with E-state index in [2.05, 4.69) is 11.1 Å². The summed E-state index contributed by atoms with van der Waals surface area (Å²) in [6.07, 6.45) is 1.78. The molecule has 0 aliphatic heterocycles. The molecule has 0 atom stereocenters. The molecule has 0 N–H and O–H groups in total. The molecule has 0 saturated carbocycles. The summed E-state index contributed by atoms with van der Waals surface area (Å²) in [6, 6.07) is 17.9. The Morgan fingerprint density at radius 1 is 0.966 bits per heavy atom. The van der Waals surface area contributed by atoms with E-state index in [0.717, 1.165) is 45.3 Å². The second kappa shape index (κ2) is 8.58. The molecule has 2 aromatic carbocycles. The Hall–Kier alpha value is -2.98. The summed E-state index contributed by atoms with van der Waals surface area (Å²) in [5.41, 5.74) is 5.46. The maximum atomic E-state index is 6.20. The number of aliphatic imine (C=N–C) groups is 1. The lowest BCUT2D eigenvalue weighted by molar-refractivity contribution is 0.0191. The molecule has 0 bridgehead atoms. The third kappa shape index (κ3) is 4.90. The molecule has 1 heterocycles. The lowest BCUT2D eigenvalue weighted by Crippen LogP contribution is -2.19. The highest BCUT2D eigenvalue weighted by atomic mass is 16.5. The zero-order chi connectivity index (χ0) is 21.0. The van der Waals surface area contributed by atoms with Crippen molar-refractivity contribution in [3.8, 4) is 11.5 Å². The fraction of sp³-hybridized carbons (Fsp3) is 0.280. The van der Waals surface area contributed by atoms with Gasteiger partial charge in [-0.1, -0.05) is 18.2 Å². The minimum atomic E-state index is -0.369. The lowest BCUT2D eigenvalue weighted by atomic mass is 9.98. The van der Waals surface area contributed by atoms with Crippen molar-refractivity contribution in [3.05, 3.63) is 83.2 Å². The number of pyridine rings is 1. The van der Waals surface area contributed by atoms with E-state index in [4.69, 9.17) is 14.5 Å². The van der Waals surface area contributed by atoms with E-state index in [9.17, 15) is 0 Å². The van der Waals surface area contributed by atoms with Gasteiger partial charge < -0.3 is 9.47 Å². The highest BCUT2D eigenvalue weighted by Gasteiger charge is 2.20. The van der Waals surface area contributed by atoms with Crippen LogP contribution >= 0.6 is 0 Å². The first-order valence-corrected chi connectivity index (χ1v) is 9.71. The Morgan fingerprint density at radius 3 is 2.45 bits per heavy atom. The molecule has 0 unspecified atom stereocenters. The fourth-order valence-corrected chi connectivity index (χ4v) is 3.00. The Labute approximate surface area is 173 Å². The van der Waals surface area contributed by atoms with Gasteiger partial charge in [-0.15, -0.1) is 0 Å². The van der Waals surface area contributed by atoms with Crippen molar-refractivity contribution < 1.29 is 9.47 Å². The maximum absolute atomic E-state index is 6.20. The normalized spacial score (nSPS) is 12.1. The van der Waals surface area contributed by atoms with Crippen LogP contribution in [0.3, 0.4) is 0 Å². The molecular formula is C25H28N2O2. The van der Waals surface area contributed by atoms with E-state index in [0.29, 0.717) is 0 Å². The highest BCUT2D eigenvalue weighted by Crippen LogP contribution is 2.34. The molecule has 1 aromatic heterocycles. The number of aromatic nitrogens is 1. The smallest absolute Gasteiger partial charge is 0.130 e. The highest BCUT2D eigenvalue weighted by molar-refractivity contribution is 5.98. The second-order valence-electron chi connectivity index (χ2n) is 7.66. The van der Waals surface area contributed by atoms with E-state index >= 15 is 0 Å². The van der Waals surface area contributed by atoms with Crippen LogP contribution in [0.15, 0.2) is 65.8 Å². The molecule has 4 heteroatoms. The first-order valence-electron chi connectivity index (χ1n) is 9.71. The minimum absolute atomic E-state index is 0.369. The van der Waals surface area contributed by atoms with Gasteiger partial charge in [-0.05, 0) is 87.7 Å². The van der Waals surface area contributed by atoms with Crippen molar-refractivity contribution >= 4 is 11.4 Å². The fourth-order valence-electron chi connectivity index (χ4n) is 3.00. The number of hydrogen-bond donors (Lipinski definition) is 0. The van der Waals surface area contributed by atoms with Crippen LogP contribution in [0, 0.1) is 13.8 Å². The Morgan fingerprint density at radius 2 is 1.76 bits per heavy atom. The summed E-state index contributed by atoms with van der Waals surface area (Å²) in [6.45, 7) is 10.1. The second-order valence-corrected chi connectivity index (χ2v) is 7.66. The molecular weight excluding hydrogens is 360 g/mol. The Bertz CT molecular complexity index is 1020. The number of methoxy groups -OCH3 is 1. The lowest BCUT2D eigenvalue weighted by Gasteiger charge is -2.24. The van der Waals surface area contributed by atoms with Crippen LogP contribution < -0.4 is 4.74 Å². The topological polar surface area (TPSA) is 43.7 Å². The summed E-state index contributed by atoms with van der Waals surface area (Å²) in [4.78, 5) is 9.15. The van der Waals surface area contributed by atoms with Crippen molar-refractivity contribution in [2.24, 2.45) is 4.99 Å². The van der Waals surface area contributed by atoms with Crippen LogP contribution in [0.25, 0.3) is 0 Å². The Kier molecular flexibility index (Phi) is 6.14. The molecule has 0 radical (unpaired) electrons. The van der Waals surface area contributed by atoms with E-state index < -0.39 is 0 Å². The van der Waals surface area contributed by atoms with E-state index in [1.165, 1.54) is 0 Å². The first-order chi connectivity index (χ1) is 13.8. The maximum Gasteiger partial charge on any atom is 0.130 e. The molecule has 150 valence electrons. The SMILES string of the molecule is COC(C)(C)c1cccc(Oc2cc(C)c(/N=C(\C)c3ccccn3)cc2C)c1. The summed E-state index contributed by atoms with van der Waals surface area (Å²) >= 11 is 0. The largest absolute Gasteiger partial charge is 0.457 e. The van der Waals surface area contributed by atoms with Crippen molar-refractivity contribution in [2.45, 2.75) is 40.2 Å². The van der Waals surface area contributed by atoms with Crippen LogP contribution in [0.1, 0.15) is 43.2 Å². The molecule has 0 saturated heterocycles. The van der Waals surface area contributed by atoms with Crippen LogP contribution in [0.4, 0.5) is 5.69 Å². The van der Waals surface area contributed by atoms with Crippen LogP contribution in [0.2, 0.25) is 0 Å². The zero-order valence-corrected chi connectivity index (χ0v) is 18.0. The molecule has 0 spiro atoms. The van der Waals surface area contributed by atoms with Crippen molar-refractivity contribution in [3.63, 3.8) is 0 Å². The third-order valence-electron chi connectivity index (χ3n) is 5.08. The number of rotatable bonds is 6. The van der Waals surface area contributed by atoms with Gasteiger partial charge in [0.25, 0.3) is 0 Å². The van der Waals surface area contributed by atoms with E-state index in [-0.39, 0.29) is 5.60 Å². The number of nitrogens with zero attached hydrogens (tertiary/aromatic N) is 2. The number of ether oxygens (including phenoxy) is 2. The van der Waals surface area contributed by atoms with Crippen molar-refractivity contribution in [1.29, 1.82) is 0 Å². The molecule has 4 nitrogen and oxygen atoms in total. The summed E-state index contributed by atoms with van der Waals surface area (Å²) in [7, 11) is 1.72.